The van der Waals surface area contributed by atoms with Gasteiger partial charge in [0.2, 0.25) is 0 Å². The first kappa shape index (κ1) is 12.5. The summed E-state index contributed by atoms with van der Waals surface area (Å²) in [6.07, 6.45) is 3.78. The van der Waals surface area contributed by atoms with Gasteiger partial charge in [0, 0.05) is 33.3 Å². The molecule has 0 spiro atoms. The number of hydrogen-bond donors (Lipinski definition) is 0. The summed E-state index contributed by atoms with van der Waals surface area (Å²) in [7, 11) is 0. The highest BCUT2D eigenvalue weighted by molar-refractivity contribution is 9.11. The molecule has 0 aliphatic rings. The molecule has 0 amide bonds. The Kier molecular flexibility index (Phi) is 4.07. The normalized spacial score (nSPS) is 10.2. The fourth-order valence-electron chi connectivity index (χ4n) is 1.50. The Labute approximate surface area is 116 Å². The van der Waals surface area contributed by atoms with Gasteiger partial charge in [0.05, 0.1) is 0 Å². The number of carbonyl (C=O) groups is 1. The van der Waals surface area contributed by atoms with Crippen molar-refractivity contribution >= 4 is 37.6 Å². The van der Waals surface area contributed by atoms with Gasteiger partial charge in [-0.25, -0.2) is 0 Å². The van der Waals surface area contributed by atoms with E-state index in [1.54, 1.807) is 12.4 Å². The molecule has 0 atom stereocenters. The van der Waals surface area contributed by atoms with E-state index in [0.717, 1.165) is 14.5 Å². The van der Waals surface area contributed by atoms with Gasteiger partial charge < -0.3 is 0 Å². The van der Waals surface area contributed by atoms with Crippen LogP contribution < -0.4 is 0 Å². The minimum absolute atomic E-state index is 0.0809. The molecular weight excluding hydrogens is 346 g/mol. The fourth-order valence-corrected chi connectivity index (χ4v) is 2.77. The Morgan fingerprint density at radius 2 is 2.06 bits per heavy atom. The molecule has 0 saturated heterocycles. The van der Waals surface area contributed by atoms with Crippen LogP contribution in [0.4, 0.5) is 0 Å². The molecule has 2 rings (SSSR count). The molecule has 2 aromatic rings. The third-order valence-corrected chi connectivity index (χ3v) is 3.47. The molecule has 0 fully saturated rings. The number of nitrogens with zero attached hydrogens (tertiary/aromatic N) is 1. The molecule has 1 heterocycles. The predicted molar refractivity (Wildman–Crippen MR) is 74.1 cm³/mol. The number of Topliss-reactive ketones (excluding diaryl/α,β-unsaturated/α-hetero) is 1. The first-order valence-corrected chi connectivity index (χ1v) is 6.62. The Bertz CT molecular complexity index is 540. The number of aromatic nitrogens is 1. The predicted octanol–water partition coefficient (Wildman–Crippen LogP) is 4.03. The van der Waals surface area contributed by atoms with Gasteiger partial charge in [0.25, 0.3) is 0 Å². The van der Waals surface area contributed by atoms with Crippen LogP contribution in [0.5, 0.6) is 0 Å². The summed E-state index contributed by atoms with van der Waals surface area (Å²) in [5.74, 6) is 0.0809. The van der Waals surface area contributed by atoms with Crippen molar-refractivity contribution in [2.24, 2.45) is 0 Å². The zero-order valence-corrected chi connectivity index (χ0v) is 12.0. The van der Waals surface area contributed by atoms with Crippen LogP contribution in [0.25, 0.3) is 0 Å². The van der Waals surface area contributed by atoms with Gasteiger partial charge in [-0.15, -0.1) is 0 Å². The van der Waals surface area contributed by atoms with E-state index in [1.165, 1.54) is 0 Å². The summed E-state index contributed by atoms with van der Waals surface area (Å²) in [5, 5.41) is 0. The number of halogens is 2. The van der Waals surface area contributed by atoms with Crippen LogP contribution in [0.3, 0.4) is 0 Å². The van der Waals surface area contributed by atoms with Crippen LogP contribution >= 0.6 is 31.9 Å². The largest absolute Gasteiger partial charge is 0.294 e. The van der Waals surface area contributed by atoms with Gasteiger partial charge in [0.1, 0.15) is 0 Å². The second kappa shape index (κ2) is 5.56. The molecule has 0 saturated carbocycles. The zero-order chi connectivity index (χ0) is 12.3. The molecule has 2 nitrogen and oxygen atoms in total. The van der Waals surface area contributed by atoms with Crippen LogP contribution in [0.2, 0.25) is 0 Å². The van der Waals surface area contributed by atoms with E-state index in [1.807, 2.05) is 30.3 Å². The number of rotatable bonds is 3. The number of carbonyl (C=O) groups excluding carboxylic acids is 1. The van der Waals surface area contributed by atoms with Crippen LogP contribution in [0.1, 0.15) is 15.9 Å². The van der Waals surface area contributed by atoms with E-state index in [-0.39, 0.29) is 5.78 Å². The Morgan fingerprint density at radius 1 is 1.24 bits per heavy atom. The van der Waals surface area contributed by atoms with E-state index in [9.17, 15) is 4.79 Å². The lowest BCUT2D eigenvalue weighted by Gasteiger charge is -2.04. The third-order valence-electron chi connectivity index (χ3n) is 2.32. The molecule has 0 N–H and O–H groups in total. The minimum Gasteiger partial charge on any atom is -0.294 e. The molecule has 0 aliphatic carbocycles. The Morgan fingerprint density at radius 3 is 2.71 bits per heavy atom. The number of hydrogen-bond acceptors (Lipinski definition) is 2. The number of benzene rings is 1. The first-order valence-electron chi connectivity index (χ1n) is 5.04. The second-order valence-corrected chi connectivity index (χ2v) is 5.36. The van der Waals surface area contributed by atoms with E-state index in [4.69, 9.17) is 0 Å². The minimum atomic E-state index is 0.0809. The summed E-state index contributed by atoms with van der Waals surface area (Å²) in [6, 6.07) is 9.28. The van der Waals surface area contributed by atoms with Crippen LogP contribution in [0.15, 0.2) is 51.7 Å². The topological polar surface area (TPSA) is 30.0 Å². The van der Waals surface area contributed by atoms with Gasteiger partial charge in [-0.3, -0.25) is 9.78 Å². The summed E-state index contributed by atoms with van der Waals surface area (Å²) in [6.45, 7) is 0. The van der Waals surface area contributed by atoms with Gasteiger partial charge in [-0.05, 0) is 29.8 Å². The standard InChI is InChI=1S/C13H9Br2NO/c14-10-3-4-11(12(15)7-10)13(17)6-9-2-1-5-16-8-9/h1-5,7-8H,6H2. The van der Waals surface area contributed by atoms with Crippen molar-refractivity contribution in [1.82, 2.24) is 4.98 Å². The van der Waals surface area contributed by atoms with Gasteiger partial charge in [0.15, 0.2) is 5.78 Å². The maximum Gasteiger partial charge on any atom is 0.168 e. The van der Waals surface area contributed by atoms with Crippen molar-refractivity contribution in [2.75, 3.05) is 0 Å². The van der Waals surface area contributed by atoms with Crippen LogP contribution in [-0.2, 0) is 6.42 Å². The van der Waals surface area contributed by atoms with E-state index < -0.39 is 0 Å². The highest BCUT2D eigenvalue weighted by Crippen LogP contribution is 2.23. The second-order valence-electron chi connectivity index (χ2n) is 3.59. The van der Waals surface area contributed by atoms with Crippen molar-refractivity contribution in [2.45, 2.75) is 6.42 Å². The number of pyridine rings is 1. The molecule has 0 unspecified atom stereocenters. The fraction of sp³-hybridized carbons (Fsp3) is 0.0769. The highest BCUT2D eigenvalue weighted by atomic mass is 79.9. The molecule has 0 radical (unpaired) electrons. The van der Waals surface area contributed by atoms with Crippen molar-refractivity contribution in [3.05, 3.63) is 62.8 Å². The average Bonchev–Trinajstić information content (AvgIpc) is 2.30. The summed E-state index contributed by atoms with van der Waals surface area (Å²) >= 11 is 6.76. The van der Waals surface area contributed by atoms with Crippen molar-refractivity contribution < 1.29 is 4.79 Å². The van der Waals surface area contributed by atoms with Crippen LogP contribution in [-0.4, -0.2) is 10.8 Å². The lowest BCUT2D eigenvalue weighted by molar-refractivity contribution is 0.0992. The summed E-state index contributed by atoms with van der Waals surface area (Å²) in [4.78, 5) is 16.1. The Balaban J connectivity index is 2.21. The van der Waals surface area contributed by atoms with Crippen molar-refractivity contribution in [3.8, 4) is 0 Å². The molecule has 4 heteroatoms. The summed E-state index contributed by atoms with van der Waals surface area (Å²) < 4.78 is 1.75. The Hall–Kier alpha value is -1.000. The van der Waals surface area contributed by atoms with E-state index in [2.05, 4.69) is 36.8 Å². The monoisotopic (exact) mass is 353 g/mol. The molecule has 1 aromatic heterocycles. The molecule has 1 aromatic carbocycles. The van der Waals surface area contributed by atoms with Gasteiger partial charge in [-0.2, -0.15) is 0 Å². The van der Waals surface area contributed by atoms with Gasteiger partial charge in [-0.1, -0.05) is 37.9 Å². The maximum atomic E-state index is 12.1. The SMILES string of the molecule is O=C(Cc1cccnc1)c1ccc(Br)cc1Br. The van der Waals surface area contributed by atoms with Crippen molar-refractivity contribution in [3.63, 3.8) is 0 Å². The van der Waals surface area contributed by atoms with E-state index in [0.29, 0.717) is 12.0 Å². The van der Waals surface area contributed by atoms with Gasteiger partial charge >= 0.3 is 0 Å². The van der Waals surface area contributed by atoms with E-state index >= 15 is 0 Å². The average molecular weight is 355 g/mol. The summed E-state index contributed by atoms with van der Waals surface area (Å²) in [5.41, 5.74) is 1.62. The van der Waals surface area contributed by atoms with Crippen LogP contribution in [0, 0.1) is 0 Å². The van der Waals surface area contributed by atoms with Crippen molar-refractivity contribution in [1.29, 1.82) is 0 Å². The quantitative estimate of drug-likeness (QED) is 0.779. The third kappa shape index (κ3) is 3.23. The molecule has 17 heavy (non-hydrogen) atoms. The zero-order valence-electron chi connectivity index (χ0n) is 8.86. The molecule has 0 bridgehead atoms. The number of ketones is 1. The molecule has 86 valence electrons. The molecular formula is C13H9Br2NO. The smallest absolute Gasteiger partial charge is 0.168 e. The lowest BCUT2D eigenvalue weighted by Crippen LogP contribution is -2.04. The first-order chi connectivity index (χ1) is 8.16. The maximum absolute atomic E-state index is 12.1. The lowest BCUT2D eigenvalue weighted by atomic mass is 10.0. The highest BCUT2D eigenvalue weighted by Gasteiger charge is 2.10. The molecule has 0 aliphatic heterocycles.